The first-order valence-electron chi connectivity index (χ1n) is 15.5. The Kier molecular flexibility index (Phi) is 11.0. The standard InChI is InChI=1S/C35H44N4O6/c1-21-14-15-45-32(41)19-30(25-10-12-27(40)13-11-25)38-34(43)31(18-26-20-36-29-9-7-6-8-28(26)29)39(5)35(44)24(4)37-33(42)23(3)17-22(2)16-21/h6-13,16,20-21,23-24,30-31,36,40H,14-15,17-19H2,1-5H3,(H,37,42)(H,38,43)/b22-16+/t21-,23+,24+,30?,31?/m1/s1. The fourth-order valence-corrected chi connectivity index (χ4v) is 5.81. The Bertz CT molecular complexity index is 1540. The number of rotatable bonds is 3. The smallest absolute Gasteiger partial charge is 0.308 e. The molecule has 10 heteroatoms. The van der Waals surface area contributed by atoms with Crippen LogP contribution in [-0.4, -0.2) is 64.4 Å². The Morgan fingerprint density at radius 2 is 1.64 bits per heavy atom. The van der Waals surface area contributed by atoms with E-state index in [4.69, 9.17) is 4.74 Å². The van der Waals surface area contributed by atoms with Gasteiger partial charge in [0.1, 0.15) is 17.8 Å². The van der Waals surface area contributed by atoms with Crippen LogP contribution in [0, 0.1) is 11.8 Å². The van der Waals surface area contributed by atoms with E-state index in [0.717, 1.165) is 22.0 Å². The molecule has 0 aliphatic carbocycles. The van der Waals surface area contributed by atoms with Crippen molar-refractivity contribution in [2.24, 2.45) is 11.8 Å². The average molecular weight is 617 g/mol. The molecule has 5 atom stereocenters. The number of allylic oxidation sites excluding steroid dienone is 2. The highest BCUT2D eigenvalue weighted by atomic mass is 16.5. The van der Waals surface area contributed by atoms with Crippen LogP contribution in [0.1, 0.15) is 64.1 Å². The summed E-state index contributed by atoms with van der Waals surface area (Å²) < 4.78 is 5.57. The number of H-pyrrole nitrogens is 1. The van der Waals surface area contributed by atoms with Gasteiger partial charge in [-0.3, -0.25) is 19.2 Å². The summed E-state index contributed by atoms with van der Waals surface area (Å²) in [6.45, 7) is 7.63. The van der Waals surface area contributed by atoms with Crippen LogP contribution in [0.15, 0.2) is 66.4 Å². The highest BCUT2D eigenvalue weighted by Crippen LogP contribution is 2.24. The van der Waals surface area contributed by atoms with Gasteiger partial charge in [-0.1, -0.05) is 55.8 Å². The number of aromatic amines is 1. The molecule has 0 radical (unpaired) electrons. The summed E-state index contributed by atoms with van der Waals surface area (Å²) in [6, 6.07) is 11.3. The highest BCUT2D eigenvalue weighted by molar-refractivity contribution is 5.93. The summed E-state index contributed by atoms with van der Waals surface area (Å²) in [6.07, 6.45) is 5.06. The molecule has 2 unspecified atom stereocenters. The third-order valence-corrected chi connectivity index (χ3v) is 8.40. The van der Waals surface area contributed by atoms with E-state index in [9.17, 15) is 24.3 Å². The van der Waals surface area contributed by atoms with Crippen LogP contribution >= 0.6 is 0 Å². The van der Waals surface area contributed by atoms with E-state index in [1.54, 1.807) is 26.1 Å². The summed E-state index contributed by atoms with van der Waals surface area (Å²) in [5.74, 6) is -1.83. The minimum Gasteiger partial charge on any atom is -0.508 e. The molecule has 1 aromatic heterocycles. The second-order valence-corrected chi connectivity index (χ2v) is 12.2. The molecule has 0 saturated heterocycles. The first kappa shape index (κ1) is 33.3. The van der Waals surface area contributed by atoms with Gasteiger partial charge in [0.15, 0.2) is 0 Å². The van der Waals surface area contributed by atoms with Crippen LogP contribution < -0.4 is 10.6 Å². The number of hydrogen-bond donors (Lipinski definition) is 4. The van der Waals surface area contributed by atoms with Crippen molar-refractivity contribution in [2.45, 2.75) is 71.5 Å². The predicted molar refractivity (Wildman–Crippen MR) is 172 cm³/mol. The first-order chi connectivity index (χ1) is 21.4. The van der Waals surface area contributed by atoms with Crippen LogP contribution in [0.25, 0.3) is 10.9 Å². The number of carbonyl (C=O) groups is 4. The SMILES string of the molecule is C/C1=C\[C@H](C)CCOC(=O)CC(c2ccc(O)cc2)NC(=O)C(Cc2c[nH]c3ccccc23)N(C)C(=O)[C@H](C)NC(=O)[C@@H](C)C1. The van der Waals surface area contributed by atoms with Gasteiger partial charge in [0.25, 0.3) is 0 Å². The summed E-state index contributed by atoms with van der Waals surface area (Å²) in [5.41, 5.74) is 3.37. The Morgan fingerprint density at radius 1 is 0.933 bits per heavy atom. The summed E-state index contributed by atoms with van der Waals surface area (Å²) in [4.78, 5) is 58.5. The van der Waals surface area contributed by atoms with Crippen LogP contribution in [0.4, 0.5) is 0 Å². The minimum atomic E-state index is -0.975. The number of nitrogens with zero attached hydrogens (tertiary/aromatic N) is 1. The number of amides is 3. The molecule has 240 valence electrons. The van der Waals surface area contributed by atoms with Crippen molar-refractivity contribution in [3.63, 3.8) is 0 Å². The number of phenolic OH excluding ortho intramolecular Hbond substituents is 1. The number of aromatic hydroxyl groups is 1. The molecule has 0 saturated carbocycles. The maximum atomic E-state index is 14.1. The van der Waals surface area contributed by atoms with E-state index >= 15 is 0 Å². The van der Waals surface area contributed by atoms with E-state index in [-0.39, 0.29) is 42.9 Å². The fraction of sp³-hybridized carbons (Fsp3) is 0.429. The molecule has 45 heavy (non-hydrogen) atoms. The molecule has 3 aromatic rings. The van der Waals surface area contributed by atoms with Crippen molar-refractivity contribution < 1.29 is 29.0 Å². The third-order valence-electron chi connectivity index (χ3n) is 8.40. The molecular formula is C35H44N4O6. The van der Waals surface area contributed by atoms with Crippen molar-refractivity contribution in [2.75, 3.05) is 13.7 Å². The van der Waals surface area contributed by atoms with Gasteiger partial charge >= 0.3 is 5.97 Å². The molecule has 1 aliphatic rings. The maximum Gasteiger partial charge on any atom is 0.308 e. The van der Waals surface area contributed by atoms with Crippen LogP contribution in [0.3, 0.4) is 0 Å². The first-order valence-corrected chi connectivity index (χ1v) is 15.5. The number of fused-ring (bicyclic) bond motifs is 1. The number of aromatic nitrogens is 1. The Hall–Kier alpha value is -4.60. The van der Waals surface area contributed by atoms with E-state index < -0.39 is 35.9 Å². The number of benzene rings is 2. The number of phenols is 1. The zero-order chi connectivity index (χ0) is 32.7. The molecule has 4 N–H and O–H groups in total. The average Bonchev–Trinajstić information content (AvgIpc) is 3.41. The molecule has 2 heterocycles. The maximum absolute atomic E-state index is 14.1. The largest absolute Gasteiger partial charge is 0.508 e. The number of nitrogens with one attached hydrogen (secondary N) is 3. The number of carbonyl (C=O) groups excluding carboxylic acids is 4. The van der Waals surface area contributed by atoms with Crippen molar-refractivity contribution in [1.82, 2.24) is 20.5 Å². The van der Waals surface area contributed by atoms with Crippen LogP contribution in [0.5, 0.6) is 5.75 Å². The Balaban J connectivity index is 1.70. The van der Waals surface area contributed by atoms with Crippen molar-refractivity contribution >= 4 is 34.6 Å². The Morgan fingerprint density at radius 3 is 2.38 bits per heavy atom. The van der Waals surface area contributed by atoms with Crippen molar-refractivity contribution in [3.05, 3.63) is 77.5 Å². The fourth-order valence-electron chi connectivity index (χ4n) is 5.81. The third kappa shape index (κ3) is 8.74. The van der Waals surface area contributed by atoms with Gasteiger partial charge in [-0.05, 0) is 61.9 Å². The van der Waals surface area contributed by atoms with Crippen LogP contribution in [0.2, 0.25) is 0 Å². The van der Waals surface area contributed by atoms with E-state index in [0.29, 0.717) is 18.4 Å². The Labute approximate surface area is 264 Å². The van der Waals surface area contributed by atoms with Gasteiger partial charge in [-0.2, -0.15) is 0 Å². The lowest BCUT2D eigenvalue weighted by Crippen LogP contribution is -2.55. The number of hydrogen-bond acceptors (Lipinski definition) is 6. The van der Waals surface area contributed by atoms with Gasteiger partial charge in [0.2, 0.25) is 17.7 Å². The normalized spacial score (nSPS) is 26.1. The lowest BCUT2D eigenvalue weighted by Gasteiger charge is -2.31. The molecule has 0 fully saturated rings. The molecule has 3 amide bonds. The summed E-state index contributed by atoms with van der Waals surface area (Å²) in [7, 11) is 1.55. The number of ether oxygens (including phenoxy) is 1. The number of para-hydroxylation sites is 1. The highest BCUT2D eigenvalue weighted by Gasteiger charge is 2.33. The van der Waals surface area contributed by atoms with Crippen molar-refractivity contribution in [1.29, 1.82) is 0 Å². The summed E-state index contributed by atoms with van der Waals surface area (Å²) in [5, 5.41) is 16.6. The molecule has 1 aliphatic heterocycles. The quantitative estimate of drug-likeness (QED) is 0.251. The zero-order valence-corrected chi connectivity index (χ0v) is 26.6. The van der Waals surface area contributed by atoms with E-state index in [2.05, 4.69) is 21.7 Å². The molecular weight excluding hydrogens is 572 g/mol. The zero-order valence-electron chi connectivity index (χ0n) is 26.6. The van der Waals surface area contributed by atoms with Gasteiger partial charge < -0.3 is 30.4 Å². The monoisotopic (exact) mass is 616 g/mol. The minimum absolute atomic E-state index is 0.0500. The van der Waals surface area contributed by atoms with E-state index in [1.807, 2.05) is 51.2 Å². The van der Waals surface area contributed by atoms with Crippen molar-refractivity contribution in [3.8, 4) is 5.75 Å². The van der Waals surface area contributed by atoms with Gasteiger partial charge in [0, 0.05) is 36.5 Å². The summed E-state index contributed by atoms with van der Waals surface area (Å²) >= 11 is 0. The van der Waals surface area contributed by atoms with Gasteiger partial charge in [0.05, 0.1) is 19.1 Å². The predicted octanol–water partition coefficient (Wildman–Crippen LogP) is 4.55. The number of cyclic esters (lactones) is 1. The van der Waals surface area contributed by atoms with Gasteiger partial charge in [-0.15, -0.1) is 0 Å². The molecule has 2 aromatic carbocycles. The van der Waals surface area contributed by atoms with E-state index in [1.165, 1.54) is 17.0 Å². The van der Waals surface area contributed by atoms with Gasteiger partial charge in [-0.25, -0.2) is 0 Å². The lowest BCUT2D eigenvalue weighted by atomic mass is 9.97. The molecule has 0 spiro atoms. The topological polar surface area (TPSA) is 141 Å². The molecule has 4 rings (SSSR count). The number of likely N-dealkylation sites (N-methyl/N-ethyl adjacent to an activating group) is 1. The number of esters is 1. The van der Waals surface area contributed by atoms with Crippen LogP contribution in [-0.2, 0) is 30.3 Å². The molecule has 10 nitrogen and oxygen atoms in total. The second-order valence-electron chi connectivity index (χ2n) is 12.2. The molecule has 0 bridgehead atoms. The lowest BCUT2D eigenvalue weighted by molar-refractivity contribution is -0.145. The second kappa shape index (κ2) is 14.9.